The lowest BCUT2D eigenvalue weighted by molar-refractivity contribution is -0.142. The van der Waals surface area contributed by atoms with Gasteiger partial charge in [-0.05, 0) is 41.2 Å². The van der Waals surface area contributed by atoms with Crippen LogP contribution in [0.5, 0.6) is 0 Å². The van der Waals surface area contributed by atoms with Crippen molar-refractivity contribution in [1.29, 1.82) is 0 Å². The summed E-state index contributed by atoms with van der Waals surface area (Å²) in [6.07, 6.45) is -0.768. The molecule has 0 aromatic heterocycles. The van der Waals surface area contributed by atoms with Crippen molar-refractivity contribution in [2.45, 2.75) is 37.0 Å². The molecule has 6 nitrogen and oxygen atoms in total. The maximum absolute atomic E-state index is 12.8. The summed E-state index contributed by atoms with van der Waals surface area (Å²) < 4.78 is 11.2. The van der Waals surface area contributed by atoms with Crippen molar-refractivity contribution in [2.24, 2.45) is 0 Å². The number of fused-ring (bicyclic) bond motifs is 3. The van der Waals surface area contributed by atoms with Crippen molar-refractivity contribution >= 4 is 12.1 Å². The predicted molar refractivity (Wildman–Crippen MR) is 123 cm³/mol. The smallest absolute Gasteiger partial charge is 0.407 e. The monoisotopic (exact) mass is 443 g/mol. The molecule has 0 bridgehead atoms. The quantitative estimate of drug-likeness (QED) is 0.529. The fourth-order valence-corrected chi connectivity index (χ4v) is 4.76. The molecule has 5 rings (SSSR count). The molecule has 3 unspecified atom stereocenters. The van der Waals surface area contributed by atoms with Gasteiger partial charge in [-0.15, -0.1) is 0 Å². The highest BCUT2D eigenvalue weighted by atomic mass is 16.6. The summed E-state index contributed by atoms with van der Waals surface area (Å²) in [5, 5.41) is 12.4. The van der Waals surface area contributed by atoms with Crippen LogP contribution in [0.15, 0.2) is 78.9 Å². The van der Waals surface area contributed by atoms with Crippen molar-refractivity contribution in [2.75, 3.05) is 6.61 Å². The van der Waals surface area contributed by atoms with Crippen molar-refractivity contribution < 1.29 is 24.2 Å². The summed E-state index contributed by atoms with van der Waals surface area (Å²) in [4.78, 5) is 24.4. The topological polar surface area (TPSA) is 88.2 Å². The van der Waals surface area contributed by atoms with Crippen LogP contribution in [0.4, 0.5) is 4.79 Å². The van der Waals surface area contributed by atoms with Gasteiger partial charge in [0, 0.05) is 5.92 Å². The van der Waals surface area contributed by atoms with Crippen LogP contribution >= 0.6 is 0 Å². The number of benzene rings is 3. The second-order valence-electron chi connectivity index (χ2n) is 8.72. The number of amides is 1. The highest BCUT2D eigenvalue weighted by molar-refractivity contribution is 5.82. The molecule has 1 aliphatic heterocycles. The van der Waals surface area contributed by atoms with E-state index in [1.54, 1.807) is 0 Å². The molecule has 1 amide bonds. The van der Waals surface area contributed by atoms with Crippen molar-refractivity contribution in [3.8, 4) is 11.1 Å². The van der Waals surface area contributed by atoms with Crippen LogP contribution in [0.25, 0.3) is 11.1 Å². The van der Waals surface area contributed by atoms with Gasteiger partial charge in [0.05, 0.1) is 6.04 Å². The van der Waals surface area contributed by atoms with E-state index in [1.165, 1.54) is 6.92 Å². The number of ether oxygens (including phenoxy) is 2. The van der Waals surface area contributed by atoms with E-state index in [2.05, 4.69) is 29.6 Å². The lowest BCUT2D eigenvalue weighted by Gasteiger charge is -2.19. The zero-order valence-electron chi connectivity index (χ0n) is 18.2. The largest absolute Gasteiger partial charge is 0.479 e. The van der Waals surface area contributed by atoms with E-state index >= 15 is 0 Å². The maximum Gasteiger partial charge on any atom is 0.407 e. The Hall–Kier alpha value is -3.64. The molecule has 168 valence electrons. The molecule has 0 radical (unpaired) electrons. The van der Waals surface area contributed by atoms with Crippen molar-refractivity contribution in [3.63, 3.8) is 0 Å². The first-order chi connectivity index (χ1) is 16.0. The number of epoxide rings is 1. The molecule has 6 heteroatoms. The molecule has 1 aliphatic carbocycles. The van der Waals surface area contributed by atoms with Gasteiger partial charge < -0.3 is 19.9 Å². The molecule has 3 aromatic carbocycles. The van der Waals surface area contributed by atoms with Gasteiger partial charge in [-0.3, -0.25) is 0 Å². The number of aliphatic carboxylic acids is 1. The molecular formula is C27H25NO5. The lowest BCUT2D eigenvalue weighted by atomic mass is 9.96. The van der Waals surface area contributed by atoms with Crippen LogP contribution in [0.1, 0.15) is 29.5 Å². The van der Waals surface area contributed by atoms with E-state index in [0.717, 1.165) is 27.8 Å². The molecule has 3 aromatic rings. The molecule has 1 heterocycles. The number of rotatable bonds is 7. The molecule has 0 spiro atoms. The SMILES string of the molecule is CC1(C(=O)O)OC1C(Cc1ccccc1)NC(=O)OCC1c2ccccc2-c2ccccc21. The van der Waals surface area contributed by atoms with Crippen LogP contribution in [0.2, 0.25) is 0 Å². The first-order valence-electron chi connectivity index (χ1n) is 11.0. The average molecular weight is 443 g/mol. The molecule has 1 saturated heterocycles. The number of carboxylic acids is 1. The van der Waals surface area contributed by atoms with E-state index in [9.17, 15) is 14.7 Å². The first-order valence-corrected chi connectivity index (χ1v) is 11.0. The average Bonchev–Trinajstić information content (AvgIpc) is 3.43. The Kier molecular flexibility index (Phi) is 5.38. The van der Waals surface area contributed by atoms with Crippen LogP contribution < -0.4 is 5.32 Å². The Morgan fingerprint density at radius 2 is 1.55 bits per heavy atom. The maximum atomic E-state index is 12.8. The number of hydrogen-bond acceptors (Lipinski definition) is 4. The van der Waals surface area contributed by atoms with Gasteiger partial charge in [0.2, 0.25) is 0 Å². The first kappa shape index (κ1) is 21.2. The molecule has 3 atom stereocenters. The van der Waals surface area contributed by atoms with Gasteiger partial charge in [0.25, 0.3) is 0 Å². The van der Waals surface area contributed by atoms with Gasteiger partial charge in [-0.2, -0.15) is 0 Å². The van der Waals surface area contributed by atoms with Gasteiger partial charge in [0.1, 0.15) is 12.7 Å². The van der Waals surface area contributed by atoms with E-state index in [-0.39, 0.29) is 12.5 Å². The summed E-state index contributed by atoms with van der Waals surface area (Å²) in [5.74, 6) is -1.09. The summed E-state index contributed by atoms with van der Waals surface area (Å²) in [6, 6.07) is 25.4. The molecule has 33 heavy (non-hydrogen) atoms. The van der Waals surface area contributed by atoms with Crippen LogP contribution in [-0.2, 0) is 20.7 Å². The lowest BCUT2D eigenvalue weighted by Crippen LogP contribution is -2.44. The standard InChI is InChI=1S/C27H25NO5/c1-27(25(29)30)24(33-27)23(15-17-9-3-2-4-10-17)28-26(31)32-16-22-20-13-7-5-11-18(20)19-12-6-8-14-21(19)22/h2-14,22-24H,15-16H2,1H3,(H,28,31)(H,29,30). The minimum Gasteiger partial charge on any atom is -0.479 e. The van der Waals surface area contributed by atoms with Crippen molar-refractivity contribution in [1.82, 2.24) is 5.32 Å². The Balaban J connectivity index is 1.29. The van der Waals surface area contributed by atoms with Crippen molar-refractivity contribution in [3.05, 3.63) is 95.6 Å². The molecule has 1 fully saturated rings. The predicted octanol–water partition coefficient (Wildman–Crippen LogP) is 4.38. The molecule has 0 saturated carbocycles. The summed E-state index contributed by atoms with van der Waals surface area (Å²) in [6.45, 7) is 1.72. The molecule has 2 aliphatic rings. The van der Waals surface area contributed by atoms with Crippen LogP contribution in [-0.4, -0.2) is 41.5 Å². The summed E-state index contributed by atoms with van der Waals surface area (Å²) in [7, 11) is 0. The van der Waals surface area contributed by atoms with Gasteiger partial charge in [0.15, 0.2) is 5.60 Å². The Labute approximate surface area is 192 Å². The summed E-state index contributed by atoms with van der Waals surface area (Å²) in [5.41, 5.74) is 4.26. The third-order valence-electron chi connectivity index (χ3n) is 6.59. The molecule has 2 N–H and O–H groups in total. The number of carbonyl (C=O) groups is 2. The van der Waals surface area contributed by atoms with Gasteiger partial charge in [-0.1, -0.05) is 78.9 Å². The Bertz CT molecular complexity index is 1150. The van der Waals surface area contributed by atoms with E-state index in [0.29, 0.717) is 6.42 Å². The number of alkyl carbamates (subject to hydrolysis) is 1. The third-order valence-corrected chi connectivity index (χ3v) is 6.59. The van der Waals surface area contributed by atoms with Crippen LogP contribution in [0.3, 0.4) is 0 Å². The third kappa shape index (κ3) is 3.98. The minimum atomic E-state index is -1.31. The normalized spacial score (nSPS) is 21.5. The number of carbonyl (C=O) groups excluding carboxylic acids is 1. The highest BCUT2D eigenvalue weighted by Crippen LogP contribution is 2.44. The minimum absolute atomic E-state index is 0.0443. The van der Waals surface area contributed by atoms with Crippen LogP contribution in [0, 0.1) is 0 Å². The number of carboxylic acid groups (broad SMARTS) is 1. The molecular weight excluding hydrogens is 418 g/mol. The van der Waals surface area contributed by atoms with E-state index < -0.39 is 29.8 Å². The Morgan fingerprint density at radius 3 is 2.12 bits per heavy atom. The second kappa shape index (κ2) is 8.37. The second-order valence-corrected chi connectivity index (χ2v) is 8.72. The fourth-order valence-electron chi connectivity index (χ4n) is 4.76. The van der Waals surface area contributed by atoms with E-state index in [1.807, 2.05) is 54.6 Å². The van der Waals surface area contributed by atoms with E-state index in [4.69, 9.17) is 9.47 Å². The van der Waals surface area contributed by atoms with Gasteiger partial charge >= 0.3 is 12.1 Å². The number of nitrogens with one attached hydrogen (secondary N) is 1. The fraction of sp³-hybridized carbons (Fsp3) is 0.259. The Morgan fingerprint density at radius 1 is 0.970 bits per heavy atom. The number of hydrogen-bond donors (Lipinski definition) is 2. The highest BCUT2D eigenvalue weighted by Gasteiger charge is 2.62. The van der Waals surface area contributed by atoms with Gasteiger partial charge in [-0.25, -0.2) is 9.59 Å². The zero-order chi connectivity index (χ0) is 23.0. The zero-order valence-corrected chi connectivity index (χ0v) is 18.2. The summed E-state index contributed by atoms with van der Waals surface area (Å²) >= 11 is 0.